The summed E-state index contributed by atoms with van der Waals surface area (Å²) in [6, 6.07) is 8.54. The van der Waals surface area contributed by atoms with Crippen LogP contribution in [-0.4, -0.2) is 6.61 Å². The fourth-order valence-corrected chi connectivity index (χ4v) is 2.58. The van der Waals surface area contributed by atoms with Gasteiger partial charge in [0, 0.05) is 0 Å². The Morgan fingerprint density at radius 2 is 1.50 bits per heavy atom. The van der Waals surface area contributed by atoms with E-state index in [0.717, 1.165) is 0 Å². The third-order valence-electron chi connectivity index (χ3n) is 4.83. The molecule has 30 heavy (non-hydrogen) atoms. The molecule has 1 rings (SSSR count). The molecule has 0 bridgehead atoms. The summed E-state index contributed by atoms with van der Waals surface area (Å²) in [7, 11) is 0. The Labute approximate surface area is 186 Å². The number of ether oxygens (including phenoxy) is 1. The second-order valence-corrected chi connectivity index (χ2v) is 7.86. The zero-order valence-corrected chi connectivity index (χ0v) is 20.8. The smallest absolute Gasteiger partial charge is 0.0721 e. The molecule has 1 aromatic rings. The van der Waals surface area contributed by atoms with Crippen molar-refractivity contribution in [2.45, 2.75) is 68.9 Å². The monoisotopic (exact) mass is 408 g/mol. The molecule has 2 unspecified atom stereocenters. The molecule has 0 saturated carbocycles. The number of hydrogen-bond acceptors (Lipinski definition) is 1. The van der Waals surface area contributed by atoms with Gasteiger partial charge in [0.05, 0.1) is 13.2 Å². The zero-order valence-electron chi connectivity index (χ0n) is 20.8. The van der Waals surface area contributed by atoms with E-state index in [4.69, 9.17) is 4.74 Å². The quantitative estimate of drug-likeness (QED) is 0.277. The van der Waals surface area contributed by atoms with Gasteiger partial charge >= 0.3 is 0 Å². The Balaban J connectivity index is 0.00000407. The molecule has 0 aliphatic rings. The van der Waals surface area contributed by atoms with Crippen molar-refractivity contribution in [1.82, 2.24) is 0 Å². The minimum atomic E-state index is 0.341. The lowest BCUT2D eigenvalue weighted by molar-refractivity contribution is 0.138. The van der Waals surface area contributed by atoms with Crippen LogP contribution in [0.3, 0.4) is 0 Å². The molecule has 2 atom stereocenters. The molecular weight excluding hydrogens is 364 g/mol. The highest BCUT2D eigenvalue weighted by Gasteiger charge is 2.07. The Kier molecular flexibility index (Phi) is 15.5. The van der Waals surface area contributed by atoms with Gasteiger partial charge in [-0.3, -0.25) is 0 Å². The zero-order chi connectivity index (χ0) is 22.9. The SMILES string of the molecule is C/C=C\C=C(/COCc1ccc(C)cc1)C(C)/C=C\C(C)/C(C)=C/C=C(C)C.CC. The molecule has 0 aliphatic carbocycles. The molecule has 0 spiro atoms. The lowest BCUT2D eigenvalue weighted by Crippen LogP contribution is -2.06. The maximum absolute atomic E-state index is 6.00. The van der Waals surface area contributed by atoms with E-state index in [2.05, 4.69) is 108 Å². The molecule has 0 heterocycles. The van der Waals surface area contributed by atoms with Crippen LogP contribution >= 0.6 is 0 Å². The second kappa shape index (κ2) is 16.7. The van der Waals surface area contributed by atoms with Crippen molar-refractivity contribution < 1.29 is 4.74 Å². The average Bonchev–Trinajstić information content (AvgIpc) is 2.75. The Morgan fingerprint density at radius 1 is 0.900 bits per heavy atom. The Morgan fingerprint density at radius 3 is 2.07 bits per heavy atom. The standard InChI is InChI=1S/C27H38O.C2H6/c1-8-9-10-27(20-28-19-26-17-12-22(4)13-18-26)25(7)16-15-24(6)23(5)14-11-21(2)3;1-2/h8-18,24-25H,19-20H2,1-7H3;1-2H3/b9-8-,16-15-,23-14+,27-10+;. The molecular formula is C29H44O. The van der Waals surface area contributed by atoms with Gasteiger partial charge in [0.15, 0.2) is 0 Å². The molecule has 0 radical (unpaired) electrons. The molecule has 0 fully saturated rings. The van der Waals surface area contributed by atoms with Gasteiger partial charge in [0.2, 0.25) is 0 Å². The van der Waals surface area contributed by atoms with Crippen molar-refractivity contribution in [3.05, 3.63) is 94.6 Å². The van der Waals surface area contributed by atoms with Crippen LogP contribution in [0.1, 0.15) is 66.5 Å². The van der Waals surface area contributed by atoms with E-state index in [1.54, 1.807) is 0 Å². The largest absolute Gasteiger partial charge is 0.372 e. The Bertz CT molecular complexity index is 722. The number of aryl methyl sites for hydroxylation is 1. The van der Waals surface area contributed by atoms with Crippen LogP contribution < -0.4 is 0 Å². The van der Waals surface area contributed by atoms with Crippen molar-refractivity contribution in [2.75, 3.05) is 6.61 Å². The van der Waals surface area contributed by atoms with Gasteiger partial charge in [0.25, 0.3) is 0 Å². The third kappa shape index (κ3) is 12.4. The summed E-state index contributed by atoms with van der Waals surface area (Å²) in [6.45, 7) is 20.4. The summed E-state index contributed by atoms with van der Waals surface area (Å²) < 4.78 is 6.00. The van der Waals surface area contributed by atoms with Crippen molar-refractivity contribution in [3.63, 3.8) is 0 Å². The van der Waals surface area contributed by atoms with Crippen LogP contribution in [0.15, 0.2) is 83.5 Å². The van der Waals surface area contributed by atoms with E-state index in [1.807, 2.05) is 20.8 Å². The molecule has 166 valence electrons. The second-order valence-electron chi connectivity index (χ2n) is 7.86. The van der Waals surface area contributed by atoms with Crippen LogP contribution in [0.25, 0.3) is 0 Å². The predicted molar refractivity (Wildman–Crippen MR) is 136 cm³/mol. The summed E-state index contributed by atoms with van der Waals surface area (Å²) in [6.07, 6.45) is 15.3. The van der Waals surface area contributed by atoms with Crippen molar-refractivity contribution >= 4 is 0 Å². The third-order valence-corrected chi connectivity index (χ3v) is 4.83. The van der Waals surface area contributed by atoms with Crippen molar-refractivity contribution in [3.8, 4) is 0 Å². The van der Waals surface area contributed by atoms with Gasteiger partial charge in [-0.15, -0.1) is 0 Å². The molecule has 1 aromatic carbocycles. The summed E-state index contributed by atoms with van der Waals surface area (Å²) in [5, 5.41) is 0. The summed E-state index contributed by atoms with van der Waals surface area (Å²) in [5.74, 6) is 0.766. The first kappa shape index (κ1) is 27.9. The normalized spacial score (nSPS) is 14.4. The molecule has 0 N–H and O–H groups in total. The van der Waals surface area contributed by atoms with Gasteiger partial charge in [-0.1, -0.05) is 111 Å². The predicted octanol–water partition coefficient (Wildman–Crippen LogP) is 8.78. The van der Waals surface area contributed by atoms with Gasteiger partial charge in [-0.25, -0.2) is 0 Å². The molecule has 0 aliphatic heterocycles. The van der Waals surface area contributed by atoms with E-state index in [0.29, 0.717) is 25.0 Å². The van der Waals surface area contributed by atoms with Crippen molar-refractivity contribution in [1.29, 1.82) is 0 Å². The fourth-order valence-electron chi connectivity index (χ4n) is 2.58. The van der Waals surface area contributed by atoms with Gasteiger partial charge < -0.3 is 4.74 Å². The fraction of sp³-hybridized carbons (Fsp3) is 0.448. The molecule has 0 amide bonds. The number of allylic oxidation sites excluding steroid dienone is 9. The van der Waals surface area contributed by atoms with Gasteiger partial charge in [-0.2, -0.15) is 0 Å². The molecule has 1 heteroatoms. The molecule has 1 nitrogen and oxygen atoms in total. The lowest BCUT2D eigenvalue weighted by Gasteiger charge is -2.14. The lowest BCUT2D eigenvalue weighted by atomic mass is 9.95. The van der Waals surface area contributed by atoms with Gasteiger partial charge in [0.1, 0.15) is 0 Å². The highest BCUT2D eigenvalue weighted by atomic mass is 16.5. The van der Waals surface area contributed by atoms with Gasteiger partial charge in [-0.05, 0) is 57.6 Å². The minimum Gasteiger partial charge on any atom is -0.372 e. The number of benzene rings is 1. The van der Waals surface area contributed by atoms with Crippen LogP contribution in [-0.2, 0) is 11.3 Å². The minimum absolute atomic E-state index is 0.341. The maximum atomic E-state index is 6.00. The average molecular weight is 409 g/mol. The molecule has 0 aromatic heterocycles. The number of hydrogen-bond donors (Lipinski definition) is 0. The first-order chi connectivity index (χ1) is 14.3. The van der Waals surface area contributed by atoms with Crippen molar-refractivity contribution in [2.24, 2.45) is 11.8 Å². The van der Waals surface area contributed by atoms with Crippen LogP contribution in [0, 0.1) is 18.8 Å². The Hall–Kier alpha value is -2.12. The van der Waals surface area contributed by atoms with Crippen LogP contribution in [0.4, 0.5) is 0 Å². The highest BCUT2D eigenvalue weighted by molar-refractivity contribution is 5.23. The van der Waals surface area contributed by atoms with E-state index < -0.39 is 0 Å². The maximum Gasteiger partial charge on any atom is 0.0721 e. The van der Waals surface area contributed by atoms with E-state index in [9.17, 15) is 0 Å². The van der Waals surface area contributed by atoms with Crippen LogP contribution in [0.5, 0.6) is 0 Å². The summed E-state index contributed by atoms with van der Waals surface area (Å²) >= 11 is 0. The van der Waals surface area contributed by atoms with E-state index in [-0.39, 0.29) is 0 Å². The van der Waals surface area contributed by atoms with E-state index in [1.165, 1.54) is 27.8 Å². The first-order valence-electron chi connectivity index (χ1n) is 11.3. The van der Waals surface area contributed by atoms with Crippen LogP contribution in [0.2, 0.25) is 0 Å². The first-order valence-corrected chi connectivity index (χ1v) is 11.3. The number of rotatable bonds is 10. The van der Waals surface area contributed by atoms with E-state index >= 15 is 0 Å². The summed E-state index contributed by atoms with van der Waals surface area (Å²) in [4.78, 5) is 0. The molecule has 0 saturated heterocycles. The summed E-state index contributed by atoms with van der Waals surface area (Å²) in [5.41, 5.74) is 6.48. The topological polar surface area (TPSA) is 9.23 Å². The highest BCUT2D eigenvalue weighted by Crippen LogP contribution is 2.18.